The maximum absolute atomic E-state index is 12.3. The third-order valence-electron chi connectivity index (χ3n) is 4.74. The number of carbonyl (C=O) groups is 2. The largest absolute Gasteiger partial charge is 0.459 e. The molecular formula is C19H25N3O3. The zero-order valence-electron chi connectivity index (χ0n) is 15.1. The van der Waals surface area contributed by atoms with Crippen LogP contribution in [0.25, 0.3) is 11.0 Å². The Labute approximate surface area is 147 Å². The Morgan fingerprint density at radius 1 is 1.28 bits per heavy atom. The Hall–Kier alpha value is -2.50. The van der Waals surface area contributed by atoms with Gasteiger partial charge in [-0.1, -0.05) is 18.2 Å². The maximum Gasteiger partial charge on any atom is 0.315 e. The van der Waals surface area contributed by atoms with Crippen molar-refractivity contribution in [2.45, 2.75) is 52.2 Å². The molecule has 1 aliphatic rings. The average molecular weight is 343 g/mol. The molecule has 1 aliphatic heterocycles. The van der Waals surface area contributed by atoms with Gasteiger partial charge in [-0.2, -0.15) is 0 Å². The van der Waals surface area contributed by atoms with E-state index in [4.69, 9.17) is 4.42 Å². The Balaban J connectivity index is 1.63. The number of likely N-dealkylation sites (tertiary alicyclic amines) is 1. The van der Waals surface area contributed by atoms with E-state index in [0.29, 0.717) is 13.0 Å². The normalized spacial score (nSPS) is 18.8. The standard InChI is InChI=1S/C19H25N3O3/c1-11(2)22-10-14(9-17(22)23)21-19(24)20-13(4)18-12(3)15-7-5-6-8-16(15)25-18/h5-8,11,13-14H,9-10H2,1-4H3,(H2,20,21,24)/t13-,14?/m1/s1. The molecule has 3 rings (SSSR count). The summed E-state index contributed by atoms with van der Waals surface area (Å²) in [6.45, 7) is 8.40. The van der Waals surface area contributed by atoms with E-state index in [9.17, 15) is 9.59 Å². The van der Waals surface area contributed by atoms with E-state index in [-0.39, 0.29) is 30.1 Å². The van der Waals surface area contributed by atoms with Gasteiger partial charge in [0.1, 0.15) is 11.3 Å². The highest BCUT2D eigenvalue weighted by Crippen LogP contribution is 2.29. The molecule has 0 spiro atoms. The van der Waals surface area contributed by atoms with Crippen molar-refractivity contribution in [1.82, 2.24) is 15.5 Å². The fourth-order valence-electron chi connectivity index (χ4n) is 3.42. The first-order chi connectivity index (χ1) is 11.9. The lowest BCUT2D eigenvalue weighted by Crippen LogP contribution is -2.44. The molecule has 0 saturated carbocycles. The number of nitrogens with zero attached hydrogens (tertiary/aromatic N) is 1. The van der Waals surface area contributed by atoms with Crippen LogP contribution in [0.1, 0.15) is 44.6 Å². The van der Waals surface area contributed by atoms with Crippen LogP contribution in [0.3, 0.4) is 0 Å². The quantitative estimate of drug-likeness (QED) is 0.896. The van der Waals surface area contributed by atoms with E-state index in [1.165, 1.54) is 0 Å². The molecule has 3 amide bonds. The fraction of sp³-hybridized carbons (Fsp3) is 0.474. The predicted molar refractivity (Wildman–Crippen MR) is 96.3 cm³/mol. The number of urea groups is 1. The topological polar surface area (TPSA) is 74.6 Å². The van der Waals surface area contributed by atoms with E-state index < -0.39 is 0 Å². The number of nitrogens with one attached hydrogen (secondary N) is 2. The first-order valence-electron chi connectivity index (χ1n) is 8.71. The van der Waals surface area contributed by atoms with Gasteiger partial charge in [-0.25, -0.2) is 4.79 Å². The molecule has 1 saturated heterocycles. The highest BCUT2D eigenvalue weighted by atomic mass is 16.3. The van der Waals surface area contributed by atoms with Crippen LogP contribution in [0, 0.1) is 6.92 Å². The molecule has 25 heavy (non-hydrogen) atoms. The average Bonchev–Trinajstić information content (AvgIpc) is 3.08. The van der Waals surface area contributed by atoms with Crippen LogP contribution in [-0.2, 0) is 4.79 Å². The molecule has 1 fully saturated rings. The van der Waals surface area contributed by atoms with Crippen LogP contribution in [0.5, 0.6) is 0 Å². The summed E-state index contributed by atoms with van der Waals surface area (Å²) >= 11 is 0. The summed E-state index contributed by atoms with van der Waals surface area (Å²) in [6.07, 6.45) is 0.351. The van der Waals surface area contributed by atoms with Crippen molar-refractivity contribution in [3.63, 3.8) is 0 Å². The molecule has 0 radical (unpaired) electrons. The number of hydrogen-bond donors (Lipinski definition) is 2. The smallest absolute Gasteiger partial charge is 0.315 e. The predicted octanol–water partition coefficient (Wildman–Crippen LogP) is 3.11. The van der Waals surface area contributed by atoms with E-state index in [2.05, 4.69) is 10.6 Å². The zero-order chi connectivity index (χ0) is 18.1. The second-order valence-corrected chi connectivity index (χ2v) is 6.97. The molecule has 1 aromatic carbocycles. The van der Waals surface area contributed by atoms with Crippen molar-refractivity contribution in [3.8, 4) is 0 Å². The van der Waals surface area contributed by atoms with Crippen molar-refractivity contribution in [3.05, 3.63) is 35.6 Å². The minimum absolute atomic E-state index is 0.0847. The fourth-order valence-corrected chi connectivity index (χ4v) is 3.42. The van der Waals surface area contributed by atoms with Gasteiger partial charge in [0.2, 0.25) is 5.91 Å². The highest BCUT2D eigenvalue weighted by molar-refractivity contribution is 5.83. The van der Waals surface area contributed by atoms with Crippen LogP contribution in [0.2, 0.25) is 0 Å². The Bertz CT molecular complexity index is 796. The summed E-state index contributed by atoms with van der Waals surface area (Å²) in [7, 11) is 0. The van der Waals surface area contributed by atoms with Crippen LogP contribution in [0.4, 0.5) is 4.79 Å². The van der Waals surface area contributed by atoms with Crippen LogP contribution in [-0.4, -0.2) is 35.5 Å². The van der Waals surface area contributed by atoms with E-state index in [1.54, 1.807) is 4.90 Å². The number of hydrogen-bond acceptors (Lipinski definition) is 3. The molecule has 1 unspecified atom stereocenters. The van der Waals surface area contributed by atoms with Crippen molar-refractivity contribution in [1.29, 1.82) is 0 Å². The monoisotopic (exact) mass is 343 g/mol. The maximum atomic E-state index is 12.3. The number of carbonyl (C=O) groups excluding carboxylic acids is 2. The molecule has 6 nitrogen and oxygen atoms in total. The number of amides is 3. The van der Waals surface area contributed by atoms with Crippen molar-refractivity contribution >= 4 is 22.9 Å². The first kappa shape index (κ1) is 17.3. The molecule has 1 aromatic heterocycles. The lowest BCUT2D eigenvalue weighted by molar-refractivity contribution is -0.129. The lowest BCUT2D eigenvalue weighted by Gasteiger charge is -2.21. The molecule has 0 bridgehead atoms. The molecule has 6 heteroatoms. The third kappa shape index (κ3) is 3.48. The summed E-state index contributed by atoms with van der Waals surface area (Å²) in [5.41, 5.74) is 1.85. The van der Waals surface area contributed by atoms with Crippen LogP contribution in [0.15, 0.2) is 28.7 Å². The van der Waals surface area contributed by atoms with E-state index in [0.717, 1.165) is 22.3 Å². The molecule has 0 aliphatic carbocycles. The minimum Gasteiger partial charge on any atom is -0.459 e. The summed E-state index contributed by atoms with van der Waals surface area (Å²) in [5.74, 6) is 0.837. The van der Waals surface area contributed by atoms with E-state index >= 15 is 0 Å². The number of benzene rings is 1. The molecule has 2 aromatic rings. The zero-order valence-corrected chi connectivity index (χ0v) is 15.1. The van der Waals surface area contributed by atoms with Crippen molar-refractivity contribution in [2.24, 2.45) is 0 Å². The third-order valence-corrected chi connectivity index (χ3v) is 4.74. The Kier molecular flexibility index (Phi) is 4.70. The van der Waals surface area contributed by atoms with Gasteiger partial charge in [0.25, 0.3) is 0 Å². The minimum atomic E-state index is -0.282. The Morgan fingerprint density at radius 2 is 2.00 bits per heavy atom. The number of rotatable bonds is 4. The second-order valence-electron chi connectivity index (χ2n) is 6.97. The number of para-hydroxylation sites is 1. The van der Waals surface area contributed by atoms with Crippen LogP contribution < -0.4 is 10.6 Å². The van der Waals surface area contributed by atoms with E-state index in [1.807, 2.05) is 52.0 Å². The van der Waals surface area contributed by atoms with Gasteiger partial charge in [0.05, 0.1) is 12.1 Å². The number of fused-ring (bicyclic) bond motifs is 1. The Morgan fingerprint density at radius 3 is 2.64 bits per heavy atom. The summed E-state index contributed by atoms with van der Waals surface area (Å²) < 4.78 is 5.89. The van der Waals surface area contributed by atoms with Gasteiger partial charge < -0.3 is 20.0 Å². The van der Waals surface area contributed by atoms with Gasteiger partial charge in [-0.05, 0) is 33.8 Å². The molecule has 2 heterocycles. The van der Waals surface area contributed by atoms with Gasteiger partial charge in [-0.3, -0.25) is 4.79 Å². The summed E-state index contributed by atoms with van der Waals surface area (Å²) in [5, 5.41) is 6.86. The molecule has 2 N–H and O–H groups in total. The number of aryl methyl sites for hydroxylation is 1. The van der Waals surface area contributed by atoms with Gasteiger partial charge in [0, 0.05) is 30.0 Å². The van der Waals surface area contributed by atoms with Gasteiger partial charge in [0.15, 0.2) is 0 Å². The molecule has 134 valence electrons. The van der Waals surface area contributed by atoms with Gasteiger partial charge >= 0.3 is 6.03 Å². The number of furan rings is 1. The summed E-state index contributed by atoms with van der Waals surface area (Å²) in [6, 6.07) is 7.28. The molecule has 2 atom stereocenters. The molecular weight excluding hydrogens is 318 g/mol. The lowest BCUT2D eigenvalue weighted by atomic mass is 10.1. The summed E-state index contributed by atoms with van der Waals surface area (Å²) in [4.78, 5) is 26.0. The second kappa shape index (κ2) is 6.78. The van der Waals surface area contributed by atoms with Crippen LogP contribution >= 0.6 is 0 Å². The highest BCUT2D eigenvalue weighted by Gasteiger charge is 2.32. The SMILES string of the molecule is Cc1c([C@@H](C)NC(=O)NC2CC(=O)N(C(C)C)C2)oc2ccccc12. The van der Waals surface area contributed by atoms with Crippen molar-refractivity contribution < 1.29 is 14.0 Å². The van der Waals surface area contributed by atoms with Gasteiger partial charge in [-0.15, -0.1) is 0 Å². The first-order valence-corrected chi connectivity index (χ1v) is 8.71. The van der Waals surface area contributed by atoms with Crippen molar-refractivity contribution in [2.75, 3.05) is 6.54 Å².